The first-order valence-electron chi connectivity index (χ1n) is 10.1. The van der Waals surface area contributed by atoms with Crippen LogP contribution in [0, 0.1) is 0 Å². The maximum Gasteiger partial charge on any atom is 0.229 e. The molecule has 27 heavy (non-hydrogen) atoms. The number of fused-ring (bicyclic) bond motifs is 1. The Bertz CT molecular complexity index is 808. The third-order valence-corrected chi connectivity index (χ3v) is 6.05. The second kappa shape index (κ2) is 6.68. The Hall–Kier alpha value is -2.34. The number of benzene rings is 1. The Morgan fingerprint density at radius 2 is 1.78 bits per heavy atom. The molecule has 1 saturated heterocycles. The number of rotatable bonds is 4. The van der Waals surface area contributed by atoms with Crippen LogP contribution in [0.2, 0.25) is 0 Å². The first-order valence-corrected chi connectivity index (χ1v) is 10.1. The van der Waals surface area contributed by atoms with E-state index in [1.54, 1.807) is 0 Å². The number of nitrogens with zero attached hydrogens (tertiary/aromatic N) is 5. The van der Waals surface area contributed by atoms with Gasteiger partial charge < -0.3 is 20.0 Å². The average molecular weight is 364 g/mol. The predicted molar refractivity (Wildman–Crippen MR) is 110 cm³/mol. The van der Waals surface area contributed by atoms with Crippen LogP contribution < -0.4 is 15.1 Å². The summed E-state index contributed by atoms with van der Waals surface area (Å²) < 4.78 is 0. The molecule has 2 fully saturated rings. The fourth-order valence-electron chi connectivity index (χ4n) is 4.16. The normalized spacial score (nSPS) is 22.8. The van der Waals surface area contributed by atoms with Crippen LogP contribution in [0.4, 0.5) is 23.1 Å². The van der Waals surface area contributed by atoms with Crippen molar-refractivity contribution in [2.45, 2.75) is 31.7 Å². The van der Waals surface area contributed by atoms with E-state index in [1.165, 1.54) is 24.1 Å². The van der Waals surface area contributed by atoms with Crippen molar-refractivity contribution >= 4 is 23.1 Å². The summed E-state index contributed by atoms with van der Waals surface area (Å²) in [4.78, 5) is 16.7. The molecular formula is C21H28N6. The topological polar surface area (TPSA) is 47.5 Å². The molecule has 1 aromatic heterocycles. The minimum atomic E-state index is 0.525. The van der Waals surface area contributed by atoms with Gasteiger partial charge in [-0.1, -0.05) is 6.92 Å². The average Bonchev–Trinajstić information content (AvgIpc) is 3.48. The largest absolute Gasteiger partial charge is 0.369 e. The Balaban J connectivity index is 1.30. The smallest absolute Gasteiger partial charge is 0.229 e. The lowest BCUT2D eigenvalue weighted by Gasteiger charge is -2.34. The molecule has 6 nitrogen and oxygen atoms in total. The minimum absolute atomic E-state index is 0.525. The van der Waals surface area contributed by atoms with Crippen molar-refractivity contribution in [3.05, 3.63) is 36.0 Å². The first-order chi connectivity index (χ1) is 13.2. The second-order valence-electron chi connectivity index (χ2n) is 8.22. The Kier molecular flexibility index (Phi) is 4.16. The maximum absolute atomic E-state index is 4.85. The number of hydrogen-bond donors (Lipinski definition) is 1. The zero-order valence-electron chi connectivity index (χ0n) is 16.2. The molecule has 1 atom stereocenters. The van der Waals surface area contributed by atoms with Gasteiger partial charge in [0.2, 0.25) is 5.95 Å². The molecule has 0 amide bonds. The number of nitrogens with one attached hydrogen (secondary N) is 1. The summed E-state index contributed by atoms with van der Waals surface area (Å²) >= 11 is 0. The van der Waals surface area contributed by atoms with Gasteiger partial charge in [-0.05, 0) is 44.2 Å². The number of aromatic nitrogens is 2. The quantitative estimate of drug-likeness (QED) is 0.900. The molecule has 5 rings (SSSR count). The Morgan fingerprint density at radius 1 is 1.04 bits per heavy atom. The van der Waals surface area contributed by atoms with E-state index in [1.807, 2.05) is 6.20 Å². The summed E-state index contributed by atoms with van der Waals surface area (Å²) in [5.41, 5.74) is 3.62. The van der Waals surface area contributed by atoms with Gasteiger partial charge in [0, 0.05) is 67.8 Å². The molecule has 0 spiro atoms. The molecular weight excluding hydrogens is 336 g/mol. The molecule has 1 aromatic carbocycles. The SMILES string of the molecule is CC1CN(C2CC2)c2nc(Nc3ccc(N4CCN(C)CC4)cc3)ncc21. The van der Waals surface area contributed by atoms with E-state index in [-0.39, 0.29) is 0 Å². The maximum atomic E-state index is 4.85. The molecule has 0 radical (unpaired) electrons. The monoisotopic (exact) mass is 364 g/mol. The van der Waals surface area contributed by atoms with E-state index in [0.29, 0.717) is 17.9 Å². The van der Waals surface area contributed by atoms with Crippen molar-refractivity contribution in [1.82, 2.24) is 14.9 Å². The zero-order valence-corrected chi connectivity index (χ0v) is 16.2. The molecule has 1 aliphatic carbocycles. The summed E-state index contributed by atoms with van der Waals surface area (Å²) in [6, 6.07) is 9.34. The van der Waals surface area contributed by atoms with Crippen LogP contribution in [-0.4, -0.2) is 60.7 Å². The van der Waals surface area contributed by atoms with Gasteiger partial charge in [0.25, 0.3) is 0 Å². The van der Waals surface area contributed by atoms with Crippen LogP contribution in [0.3, 0.4) is 0 Å². The third kappa shape index (κ3) is 3.34. The van der Waals surface area contributed by atoms with Gasteiger partial charge >= 0.3 is 0 Å². The van der Waals surface area contributed by atoms with Crippen molar-refractivity contribution in [3.63, 3.8) is 0 Å². The molecule has 2 aliphatic heterocycles. The molecule has 0 bridgehead atoms. The Morgan fingerprint density at radius 3 is 2.48 bits per heavy atom. The summed E-state index contributed by atoms with van der Waals surface area (Å²) in [5.74, 6) is 2.36. The standard InChI is InChI=1S/C21H28N6/c1-15-14-27(18-7-8-18)20-19(15)13-22-21(24-20)23-16-3-5-17(6-4-16)26-11-9-25(2)10-12-26/h3-6,13,15,18H,7-12,14H2,1-2H3,(H,22,23,24). The second-order valence-corrected chi connectivity index (χ2v) is 8.22. The summed E-state index contributed by atoms with van der Waals surface area (Å²) in [6.07, 6.45) is 4.61. The van der Waals surface area contributed by atoms with Crippen LogP contribution >= 0.6 is 0 Å². The van der Waals surface area contributed by atoms with Crippen LogP contribution in [0.5, 0.6) is 0 Å². The fourth-order valence-corrected chi connectivity index (χ4v) is 4.16. The van der Waals surface area contributed by atoms with Gasteiger partial charge in [0.15, 0.2) is 0 Å². The molecule has 2 aromatic rings. The predicted octanol–water partition coefficient (Wildman–Crippen LogP) is 3.06. The minimum Gasteiger partial charge on any atom is -0.369 e. The lowest BCUT2D eigenvalue weighted by Crippen LogP contribution is -2.44. The summed E-state index contributed by atoms with van der Waals surface area (Å²) in [6.45, 7) is 7.78. The number of likely N-dealkylation sites (N-methyl/N-ethyl adjacent to an activating group) is 1. The van der Waals surface area contributed by atoms with Crippen molar-refractivity contribution in [2.75, 3.05) is 54.9 Å². The van der Waals surface area contributed by atoms with E-state index in [4.69, 9.17) is 4.98 Å². The van der Waals surface area contributed by atoms with Crippen molar-refractivity contribution in [2.24, 2.45) is 0 Å². The number of anilines is 4. The molecule has 1 N–H and O–H groups in total. The van der Waals surface area contributed by atoms with Crippen LogP contribution in [0.1, 0.15) is 31.2 Å². The van der Waals surface area contributed by atoms with Crippen molar-refractivity contribution in [3.8, 4) is 0 Å². The van der Waals surface area contributed by atoms with Crippen LogP contribution in [0.15, 0.2) is 30.5 Å². The van der Waals surface area contributed by atoms with Crippen LogP contribution in [-0.2, 0) is 0 Å². The molecule has 6 heteroatoms. The highest BCUT2D eigenvalue weighted by Gasteiger charge is 2.37. The molecule has 1 unspecified atom stereocenters. The lowest BCUT2D eigenvalue weighted by molar-refractivity contribution is 0.313. The van der Waals surface area contributed by atoms with Gasteiger partial charge in [-0.25, -0.2) is 4.98 Å². The summed E-state index contributed by atoms with van der Waals surface area (Å²) in [7, 11) is 2.19. The number of piperazine rings is 1. The molecule has 3 aliphatic rings. The van der Waals surface area contributed by atoms with Gasteiger partial charge in [-0.2, -0.15) is 4.98 Å². The van der Waals surface area contributed by atoms with Gasteiger partial charge in [0.1, 0.15) is 5.82 Å². The molecule has 3 heterocycles. The van der Waals surface area contributed by atoms with Crippen molar-refractivity contribution < 1.29 is 0 Å². The van der Waals surface area contributed by atoms with E-state index < -0.39 is 0 Å². The number of hydrogen-bond acceptors (Lipinski definition) is 6. The molecule has 1 saturated carbocycles. The highest BCUT2D eigenvalue weighted by atomic mass is 15.3. The van der Waals surface area contributed by atoms with E-state index in [9.17, 15) is 0 Å². The van der Waals surface area contributed by atoms with E-state index >= 15 is 0 Å². The van der Waals surface area contributed by atoms with Gasteiger partial charge in [0.05, 0.1) is 0 Å². The lowest BCUT2D eigenvalue weighted by atomic mass is 10.1. The highest BCUT2D eigenvalue weighted by Crippen LogP contribution is 2.41. The van der Waals surface area contributed by atoms with Gasteiger partial charge in [-0.15, -0.1) is 0 Å². The third-order valence-electron chi connectivity index (χ3n) is 6.05. The molecule has 142 valence electrons. The van der Waals surface area contributed by atoms with E-state index in [2.05, 4.69) is 63.2 Å². The van der Waals surface area contributed by atoms with Gasteiger partial charge in [-0.3, -0.25) is 0 Å². The fraction of sp³-hybridized carbons (Fsp3) is 0.524. The summed E-state index contributed by atoms with van der Waals surface area (Å²) in [5, 5.41) is 3.39. The van der Waals surface area contributed by atoms with E-state index in [0.717, 1.165) is 44.2 Å². The van der Waals surface area contributed by atoms with Crippen LogP contribution in [0.25, 0.3) is 0 Å². The Labute approximate surface area is 161 Å². The van der Waals surface area contributed by atoms with Crippen molar-refractivity contribution in [1.29, 1.82) is 0 Å². The highest BCUT2D eigenvalue weighted by molar-refractivity contribution is 5.63. The zero-order chi connectivity index (χ0) is 18.4. The first kappa shape index (κ1) is 16.8.